The number of nitrogens with zero attached hydrogens (tertiary/aromatic N) is 2. The van der Waals surface area contributed by atoms with Gasteiger partial charge in [-0.15, -0.1) is 0 Å². The molecule has 0 unspecified atom stereocenters. The van der Waals surface area contributed by atoms with Crippen molar-refractivity contribution in [2.45, 2.75) is 26.3 Å². The van der Waals surface area contributed by atoms with Gasteiger partial charge in [-0.05, 0) is 13.3 Å². The molecular formula is C9H13N3O. The lowest BCUT2D eigenvalue weighted by Gasteiger charge is -2.03. The van der Waals surface area contributed by atoms with Gasteiger partial charge in [0.2, 0.25) is 0 Å². The molecule has 0 bridgehead atoms. The fourth-order valence-corrected chi connectivity index (χ4v) is 1.86. The van der Waals surface area contributed by atoms with E-state index in [1.807, 2.05) is 11.5 Å². The highest BCUT2D eigenvalue weighted by Crippen LogP contribution is 2.19. The molecule has 2 rings (SSSR count). The van der Waals surface area contributed by atoms with Crippen molar-refractivity contribution in [2.75, 3.05) is 7.05 Å². The molecule has 0 atom stereocenters. The van der Waals surface area contributed by atoms with Crippen LogP contribution in [0.2, 0.25) is 0 Å². The molecule has 4 heteroatoms. The van der Waals surface area contributed by atoms with Crippen molar-refractivity contribution in [2.24, 2.45) is 0 Å². The highest BCUT2D eigenvalue weighted by molar-refractivity contribution is 5.93. The first-order chi connectivity index (χ1) is 6.24. The van der Waals surface area contributed by atoms with Crippen LogP contribution in [-0.4, -0.2) is 22.5 Å². The van der Waals surface area contributed by atoms with Crippen LogP contribution in [0.4, 0.5) is 0 Å². The van der Waals surface area contributed by atoms with Gasteiger partial charge < -0.3 is 9.88 Å². The van der Waals surface area contributed by atoms with Crippen molar-refractivity contribution in [3.05, 3.63) is 17.2 Å². The summed E-state index contributed by atoms with van der Waals surface area (Å²) in [5.41, 5.74) is 1.57. The van der Waals surface area contributed by atoms with E-state index in [0.717, 1.165) is 36.6 Å². The van der Waals surface area contributed by atoms with E-state index in [2.05, 4.69) is 10.3 Å². The van der Waals surface area contributed by atoms with Gasteiger partial charge in [-0.25, -0.2) is 4.98 Å². The lowest BCUT2D eigenvalue weighted by molar-refractivity contribution is 0.0953. The van der Waals surface area contributed by atoms with Gasteiger partial charge in [0.1, 0.15) is 11.5 Å². The summed E-state index contributed by atoms with van der Waals surface area (Å²) >= 11 is 0. The van der Waals surface area contributed by atoms with Crippen molar-refractivity contribution in [3.63, 3.8) is 0 Å². The molecule has 1 aromatic rings. The minimum atomic E-state index is -0.0295. The number of aromatic nitrogens is 2. The zero-order valence-electron chi connectivity index (χ0n) is 7.92. The highest BCUT2D eigenvalue weighted by atomic mass is 16.1. The van der Waals surface area contributed by atoms with E-state index in [1.165, 1.54) is 0 Å². The van der Waals surface area contributed by atoms with E-state index in [1.54, 1.807) is 7.05 Å². The Balaban J connectivity index is 2.50. The molecule has 0 fully saturated rings. The molecule has 0 saturated heterocycles. The van der Waals surface area contributed by atoms with Crippen LogP contribution in [0, 0.1) is 6.92 Å². The monoisotopic (exact) mass is 179 g/mol. The molecule has 0 saturated carbocycles. The van der Waals surface area contributed by atoms with Crippen LogP contribution in [0.25, 0.3) is 0 Å². The molecule has 0 aliphatic carbocycles. The normalized spacial score (nSPS) is 14.3. The number of nitrogens with one attached hydrogen (secondary N) is 1. The molecular weight excluding hydrogens is 166 g/mol. The van der Waals surface area contributed by atoms with Gasteiger partial charge in [0.05, 0.1) is 5.69 Å². The number of imidazole rings is 1. The van der Waals surface area contributed by atoms with E-state index in [9.17, 15) is 4.79 Å². The SMILES string of the molecule is CNC(=O)c1c(C)nc2n1CCC2. The summed E-state index contributed by atoms with van der Waals surface area (Å²) < 4.78 is 2.02. The number of rotatable bonds is 1. The quantitative estimate of drug-likeness (QED) is 0.682. The summed E-state index contributed by atoms with van der Waals surface area (Å²) in [6, 6.07) is 0. The maximum absolute atomic E-state index is 11.5. The average Bonchev–Trinajstić information content (AvgIpc) is 2.62. The van der Waals surface area contributed by atoms with Crippen LogP contribution < -0.4 is 5.32 Å². The van der Waals surface area contributed by atoms with Crippen LogP contribution in [0.3, 0.4) is 0 Å². The third-order valence-electron chi connectivity index (χ3n) is 2.45. The predicted molar refractivity (Wildman–Crippen MR) is 48.7 cm³/mol. The first-order valence-electron chi connectivity index (χ1n) is 4.52. The fraction of sp³-hybridized carbons (Fsp3) is 0.556. The van der Waals surface area contributed by atoms with Crippen LogP contribution in [0.5, 0.6) is 0 Å². The van der Waals surface area contributed by atoms with Crippen molar-refractivity contribution in [3.8, 4) is 0 Å². The van der Waals surface area contributed by atoms with Crippen molar-refractivity contribution in [1.29, 1.82) is 0 Å². The molecule has 1 aliphatic rings. The predicted octanol–water partition coefficient (Wildman–Crippen LogP) is 0.497. The molecule has 70 valence electrons. The zero-order valence-corrected chi connectivity index (χ0v) is 7.92. The van der Waals surface area contributed by atoms with Crippen LogP contribution in [0.1, 0.15) is 28.4 Å². The van der Waals surface area contributed by atoms with Gasteiger partial charge in [0.15, 0.2) is 0 Å². The van der Waals surface area contributed by atoms with Crippen molar-refractivity contribution < 1.29 is 4.79 Å². The molecule has 4 nitrogen and oxygen atoms in total. The fourth-order valence-electron chi connectivity index (χ4n) is 1.86. The second kappa shape index (κ2) is 2.87. The van der Waals surface area contributed by atoms with Crippen LogP contribution >= 0.6 is 0 Å². The Hall–Kier alpha value is -1.32. The second-order valence-corrected chi connectivity index (χ2v) is 3.30. The summed E-state index contributed by atoms with van der Waals surface area (Å²) in [5, 5.41) is 2.64. The summed E-state index contributed by atoms with van der Waals surface area (Å²) in [6.07, 6.45) is 2.10. The second-order valence-electron chi connectivity index (χ2n) is 3.30. The number of hydrogen-bond donors (Lipinski definition) is 1. The molecule has 0 spiro atoms. The zero-order chi connectivity index (χ0) is 9.42. The number of fused-ring (bicyclic) bond motifs is 1. The number of hydrogen-bond acceptors (Lipinski definition) is 2. The van der Waals surface area contributed by atoms with E-state index < -0.39 is 0 Å². The Bertz CT molecular complexity index is 354. The Morgan fingerprint density at radius 3 is 3.08 bits per heavy atom. The molecule has 13 heavy (non-hydrogen) atoms. The lowest BCUT2D eigenvalue weighted by Crippen LogP contribution is -2.22. The maximum Gasteiger partial charge on any atom is 0.269 e. The van der Waals surface area contributed by atoms with Gasteiger partial charge >= 0.3 is 0 Å². The number of carbonyl (C=O) groups is 1. The first-order valence-corrected chi connectivity index (χ1v) is 4.52. The largest absolute Gasteiger partial charge is 0.354 e. The van der Waals surface area contributed by atoms with Crippen molar-refractivity contribution in [1.82, 2.24) is 14.9 Å². The minimum Gasteiger partial charge on any atom is -0.354 e. The van der Waals surface area contributed by atoms with Crippen molar-refractivity contribution >= 4 is 5.91 Å². The summed E-state index contributed by atoms with van der Waals surface area (Å²) in [7, 11) is 1.65. The van der Waals surface area contributed by atoms with E-state index in [0.29, 0.717) is 0 Å². The van der Waals surface area contributed by atoms with E-state index >= 15 is 0 Å². The van der Waals surface area contributed by atoms with E-state index in [-0.39, 0.29) is 5.91 Å². The standard InChI is InChI=1S/C9H13N3O/c1-6-8(9(13)10-2)12-5-3-4-7(12)11-6/h3-5H2,1-2H3,(H,10,13). The molecule has 1 amide bonds. The number of aryl methyl sites for hydroxylation is 2. The molecule has 0 aromatic carbocycles. The van der Waals surface area contributed by atoms with E-state index in [4.69, 9.17) is 0 Å². The number of amides is 1. The molecule has 1 N–H and O–H groups in total. The molecule has 0 radical (unpaired) electrons. The molecule has 2 heterocycles. The summed E-state index contributed by atoms with van der Waals surface area (Å²) in [6.45, 7) is 2.81. The van der Waals surface area contributed by atoms with Gasteiger partial charge in [-0.2, -0.15) is 0 Å². The van der Waals surface area contributed by atoms with Gasteiger partial charge in [-0.1, -0.05) is 0 Å². The van der Waals surface area contributed by atoms with Crippen LogP contribution in [0.15, 0.2) is 0 Å². The molecule has 1 aromatic heterocycles. The lowest BCUT2D eigenvalue weighted by atomic mass is 10.3. The highest BCUT2D eigenvalue weighted by Gasteiger charge is 2.22. The Morgan fingerprint density at radius 1 is 1.62 bits per heavy atom. The minimum absolute atomic E-state index is 0.0295. The number of carbonyl (C=O) groups excluding carboxylic acids is 1. The van der Waals surface area contributed by atoms with Gasteiger partial charge in [0.25, 0.3) is 5.91 Å². The average molecular weight is 179 g/mol. The third kappa shape index (κ3) is 1.13. The Morgan fingerprint density at radius 2 is 2.38 bits per heavy atom. The van der Waals surface area contributed by atoms with Gasteiger partial charge in [0, 0.05) is 20.0 Å². The third-order valence-corrected chi connectivity index (χ3v) is 2.45. The first kappa shape index (κ1) is 8.29. The summed E-state index contributed by atoms with van der Waals surface area (Å²) in [4.78, 5) is 15.8. The van der Waals surface area contributed by atoms with Gasteiger partial charge in [-0.3, -0.25) is 4.79 Å². The topological polar surface area (TPSA) is 46.9 Å². The Labute approximate surface area is 77.0 Å². The van der Waals surface area contributed by atoms with Crippen LogP contribution in [-0.2, 0) is 13.0 Å². The summed E-state index contributed by atoms with van der Waals surface area (Å²) in [5.74, 6) is 1.02. The molecule has 1 aliphatic heterocycles. The smallest absolute Gasteiger partial charge is 0.269 e. The Kier molecular flexibility index (Phi) is 1.83. The maximum atomic E-state index is 11.5.